The quantitative estimate of drug-likeness (QED) is 0.355. The van der Waals surface area contributed by atoms with E-state index in [0.717, 1.165) is 17.5 Å². The highest BCUT2D eigenvalue weighted by Crippen LogP contribution is 2.09. The van der Waals surface area contributed by atoms with Gasteiger partial charge in [-0.3, -0.25) is 15.0 Å². The van der Waals surface area contributed by atoms with Crippen molar-refractivity contribution in [1.29, 1.82) is 0 Å². The molecule has 1 heterocycles. The van der Waals surface area contributed by atoms with Crippen molar-refractivity contribution in [3.63, 3.8) is 0 Å². The molecule has 1 amide bonds. The number of amides is 1. The molecule has 0 spiro atoms. The third kappa shape index (κ3) is 3.17. The number of hydrazine groups is 1. The molecule has 0 saturated carbocycles. The number of hydrogen-bond donors (Lipinski definition) is 2. The van der Waals surface area contributed by atoms with Gasteiger partial charge in [0.2, 0.25) is 5.91 Å². The number of para-hydroxylation sites is 2. The maximum absolute atomic E-state index is 11.8. The SMILES string of the molecule is NNC(=O)CCCCn1c(=O)cnc2ccccc21. The Balaban J connectivity index is 2.10. The Morgan fingerprint density at radius 1 is 1.32 bits per heavy atom. The fourth-order valence-corrected chi connectivity index (χ4v) is 1.97. The van der Waals surface area contributed by atoms with E-state index in [-0.39, 0.29) is 11.5 Å². The van der Waals surface area contributed by atoms with Gasteiger partial charge in [0, 0.05) is 13.0 Å². The maximum Gasteiger partial charge on any atom is 0.269 e. The van der Waals surface area contributed by atoms with E-state index in [4.69, 9.17) is 5.84 Å². The van der Waals surface area contributed by atoms with Crippen LogP contribution in [-0.4, -0.2) is 15.5 Å². The van der Waals surface area contributed by atoms with E-state index in [1.165, 1.54) is 6.20 Å². The summed E-state index contributed by atoms with van der Waals surface area (Å²) in [6, 6.07) is 7.50. The fraction of sp³-hybridized carbons (Fsp3) is 0.308. The van der Waals surface area contributed by atoms with Gasteiger partial charge in [-0.15, -0.1) is 0 Å². The molecule has 19 heavy (non-hydrogen) atoms. The van der Waals surface area contributed by atoms with Crippen LogP contribution in [0.4, 0.5) is 0 Å². The number of aromatic nitrogens is 2. The first-order chi connectivity index (χ1) is 9.22. The predicted molar refractivity (Wildman–Crippen MR) is 72.2 cm³/mol. The van der Waals surface area contributed by atoms with Crippen LogP contribution in [0, 0.1) is 0 Å². The van der Waals surface area contributed by atoms with E-state index in [9.17, 15) is 9.59 Å². The van der Waals surface area contributed by atoms with Gasteiger partial charge in [0.15, 0.2) is 0 Å². The normalized spacial score (nSPS) is 10.6. The molecule has 6 nitrogen and oxygen atoms in total. The number of carbonyl (C=O) groups is 1. The van der Waals surface area contributed by atoms with Gasteiger partial charge in [-0.1, -0.05) is 12.1 Å². The van der Waals surface area contributed by atoms with Crippen molar-refractivity contribution < 1.29 is 4.79 Å². The van der Waals surface area contributed by atoms with Crippen molar-refractivity contribution in [1.82, 2.24) is 15.0 Å². The highest BCUT2D eigenvalue weighted by molar-refractivity contribution is 5.75. The zero-order valence-corrected chi connectivity index (χ0v) is 10.5. The third-order valence-corrected chi connectivity index (χ3v) is 2.95. The molecule has 2 aromatic rings. The number of nitrogens with zero attached hydrogens (tertiary/aromatic N) is 2. The summed E-state index contributed by atoms with van der Waals surface area (Å²) < 4.78 is 1.68. The molecular weight excluding hydrogens is 244 g/mol. The molecule has 0 saturated heterocycles. The lowest BCUT2D eigenvalue weighted by Crippen LogP contribution is -2.29. The third-order valence-electron chi connectivity index (χ3n) is 2.95. The lowest BCUT2D eigenvalue weighted by molar-refractivity contribution is -0.121. The average Bonchev–Trinajstić information content (AvgIpc) is 2.45. The topological polar surface area (TPSA) is 90.0 Å². The van der Waals surface area contributed by atoms with Crippen LogP contribution < -0.4 is 16.8 Å². The molecule has 100 valence electrons. The molecule has 0 aliphatic carbocycles. The molecular formula is C13H16N4O2. The van der Waals surface area contributed by atoms with Gasteiger partial charge in [-0.25, -0.2) is 10.8 Å². The lowest BCUT2D eigenvalue weighted by atomic mass is 10.2. The number of carbonyl (C=O) groups excluding carboxylic acids is 1. The molecule has 1 aromatic carbocycles. The molecule has 0 unspecified atom stereocenters. The molecule has 2 rings (SSSR count). The first-order valence-electron chi connectivity index (χ1n) is 6.16. The molecule has 0 aliphatic rings. The van der Waals surface area contributed by atoms with Gasteiger partial charge in [0.1, 0.15) is 0 Å². The number of benzene rings is 1. The molecule has 3 N–H and O–H groups in total. The first kappa shape index (κ1) is 13.2. The van der Waals surface area contributed by atoms with Crippen molar-refractivity contribution >= 4 is 16.9 Å². The average molecular weight is 260 g/mol. The van der Waals surface area contributed by atoms with Gasteiger partial charge in [0.25, 0.3) is 5.56 Å². The van der Waals surface area contributed by atoms with Crippen LogP contribution in [0.15, 0.2) is 35.3 Å². The van der Waals surface area contributed by atoms with E-state index in [1.54, 1.807) is 4.57 Å². The van der Waals surface area contributed by atoms with Gasteiger partial charge in [-0.2, -0.15) is 0 Å². The molecule has 1 aromatic heterocycles. The number of hydrogen-bond acceptors (Lipinski definition) is 4. The molecule has 0 atom stereocenters. The smallest absolute Gasteiger partial charge is 0.269 e. The van der Waals surface area contributed by atoms with Gasteiger partial charge < -0.3 is 4.57 Å². The summed E-state index contributed by atoms with van der Waals surface area (Å²) in [5, 5.41) is 0. The van der Waals surface area contributed by atoms with Gasteiger partial charge in [0.05, 0.1) is 17.2 Å². The summed E-state index contributed by atoms with van der Waals surface area (Å²) in [4.78, 5) is 26.9. The second kappa shape index (κ2) is 6.10. The van der Waals surface area contributed by atoms with Gasteiger partial charge in [-0.05, 0) is 25.0 Å². The standard InChI is InChI=1S/C13H16N4O2/c14-16-12(18)7-3-4-8-17-11-6-2-1-5-10(11)15-9-13(17)19/h1-2,5-6,9H,3-4,7-8,14H2,(H,16,18). The molecule has 0 bridgehead atoms. The monoisotopic (exact) mass is 260 g/mol. The van der Waals surface area contributed by atoms with Crippen molar-refractivity contribution in [2.75, 3.05) is 0 Å². The highest BCUT2D eigenvalue weighted by Gasteiger charge is 2.04. The van der Waals surface area contributed by atoms with Crippen LogP contribution in [0.25, 0.3) is 11.0 Å². The van der Waals surface area contributed by atoms with E-state index < -0.39 is 0 Å². The Hall–Kier alpha value is -2.21. The second-order valence-corrected chi connectivity index (χ2v) is 4.26. The summed E-state index contributed by atoms with van der Waals surface area (Å²) >= 11 is 0. The molecule has 0 radical (unpaired) electrons. The summed E-state index contributed by atoms with van der Waals surface area (Å²) in [6.07, 6.45) is 3.12. The summed E-state index contributed by atoms with van der Waals surface area (Å²) in [5.74, 6) is 4.81. The van der Waals surface area contributed by atoms with Crippen molar-refractivity contribution in [2.24, 2.45) is 5.84 Å². The Labute approximate surface area is 110 Å². The van der Waals surface area contributed by atoms with Crippen LogP contribution in [0.3, 0.4) is 0 Å². The van der Waals surface area contributed by atoms with Crippen LogP contribution in [-0.2, 0) is 11.3 Å². The largest absolute Gasteiger partial charge is 0.305 e. The Morgan fingerprint density at radius 3 is 2.89 bits per heavy atom. The maximum atomic E-state index is 11.8. The molecule has 6 heteroatoms. The lowest BCUT2D eigenvalue weighted by Gasteiger charge is -2.08. The van der Waals surface area contributed by atoms with E-state index in [2.05, 4.69) is 10.4 Å². The summed E-state index contributed by atoms with van der Waals surface area (Å²) in [6.45, 7) is 0.569. The Morgan fingerprint density at radius 2 is 2.11 bits per heavy atom. The fourth-order valence-electron chi connectivity index (χ4n) is 1.97. The predicted octanol–water partition coefficient (Wildman–Crippen LogP) is 0.557. The van der Waals surface area contributed by atoms with E-state index in [1.807, 2.05) is 24.3 Å². The second-order valence-electron chi connectivity index (χ2n) is 4.26. The summed E-state index contributed by atoms with van der Waals surface area (Å²) in [5.41, 5.74) is 3.58. The zero-order valence-electron chi connectivity index (χ0n) is 10.5. The number of nitrogens with one attached hydrogen (secondary N) is 1. The van der Waals surface area contributed by atoms with Crippen LogP contribution in [0.5, 0.6) is 0 Å². The van der Waals surface area contributed by atoms with Crippen molar-refractivity contribution in [3.8, 4) is 0 Å². The van der Waals surface area contributed by atoms with Crippen molar-refractivity contribution in [2.45, 2.75) is 25.8 Å². The number of aryl methyl sites for hydroxylation is 1. The Kier molecular flexibility index (Phi) is 4.25. The highest BCUT2D eigenvalue weighted by atomic mass is 16.2. The van der Waals surface area contributed by atoms with Crippen molar-refractivity contribution in [3.05, 3.63) is 40.8 Å². The van der Waals surface area contributed by atoms with E-state index in [0.29, 0.717) is 19.4 Å². The minimum atomic E-state index is -0.188. The van der Waals surface area contributed by atoms with Gasteiger partial charge >= 0.3 is 0 Å². The number of unbranched alkanes of at least 4 members (excludes halogenated alkanes) is 1. The van der Waals surface area contributed by atoms with Crippen LogP contribution >= 0.6 is 0 Å². The van der Waals surface area contributed by atoms with Crippen LogP contribution in [0.1, 0.15) is 19.3 Å². The number of nitrogens with two attached hydrogens (primary N) is 1. The number of fused-ring (bicyclic) bond motifs is 1. The minimum Gasteiger partial charge on any atom is -0.305 e. The van der Waals surface area contributed by atoms with E-state index >= 15 is 0 Å². The number of rotatable bonds is 5. The molecule has 0 aliphatic heterocycles. The first-order valence-corrected chi connectivity index (χ1v) is 6.16. The molecule has 0 fully saturated rings. The van der Waals surface area contributed by atoms with Crippen LogP contribution in [0.2, 0.25) is 0 Å². The minimum absolute atomic E-state index is 0.123. The zero-order chi connectivity index (χ0) is 13.7. The summed E-state index contributed by atoms with van der Waals surface area (Å²) in [7, 11) is 0. The Bertz CT molecular complexity index is 636.